The van der Waals surface area contributed by atoms with Gasteiger partial charge in [-0.05, 0) is 23.4 Å². The zero-order valence-corrected chi connectivity index (χ0v) is 15.7. The van der Waals surface area contributed by atoms with E-state index in [0.717, 1.165) is 45.7 Å². The van der Waals surface area contributed by atoms with Gasteiger partial charge in [0.15, 0.2) is 0 Å². The molecule has 26 heavy (non-hydrogen) atoms. The molecule has 1 aromatic heterocycles. The van der Waals surface area contributed by atoms with Gasteiger partial charge in [-0.2, -0.15) is 5.26 Å². The van der Waals surface area contributed by atoms with Crippen molar-refractivity contribution in [3.63, 3.8) is 0 Å². The molecule has 1 fully saturated rings. The average Bonchev–Trinajstić information content (AvgIpc) is 3.13. The van der Waals surface area contributed by atoms with E-state index in [1.54, 1.807) is 6.07 Å². The monoisotopic (exact) mass is 368 g/mol. The molecule has 1 aliphatic heterocycles. The summed E-state index contributed by atoms with van der Waals surface area (Å²) in [5, 5.41) is 14.3. The van der Waals surface area contributed by atoms with Crippen LogP contribution in [0.25, 0.3) is 0 Å². The van der Waals surface area contributed by atoms with Crippen LogP contribution in [0.2, 0.25) is 0 Å². The van der Waals surface area contributed by atoms with Crippen LogP contribution in [-0.2, 0) is 11.2 Å². The molecule has 1 saturated heterocycles. The summed E-state index contributed by atoms with van der Waals surface area (Å²) < 4.78 is 0. The van der Waals surface area contributed by atoms with Gasteiger partial charge in [0.05, 0.1) is 5.56 Å². The predicted octanol–water partition coefficient (Wildman–Crippen LogP) is 2.81. The summed E-state index contributed by atoms with van der Waals surface area (Å²) >= 11 is 1.39. The summed E-state index contributed by atoms with van der Waals surface area (Å²) in [5.41, 5.74) is 1.92. The van der Waals surface area contributed by atoms with Crippen LogP contribution in [0.1, 0.15) is 17.5 Å². The molecule has 1 N–H and O–H groups in total. The second-order valence-electron chi connectivity index (χ2n) is 6.49. The Balaban J connectivity index is 1.34. The summed E-state index contributed by atoms with van der Waals surface area (Å²) in [6, 6.07) is 14.4. The Morgan fingerprint density at radius 3 is 2.46 bits per heavy atom. The number of hydrogen-bond donors (Lipinski definition) is 1. The minimum Gasteiger partial charge on any atom is -0.317 e. The van der Waals surface area contributed by atoms with Crippen molar-refractivity contribution in [2.24, 2.45) is 0 Å². The third kappa shape index (κ3) is 5.40. The molecule has 0 aliphatic carbocycles. The molecule has 3 rings (SSSR count). The Morgan fingerprint density at radius 2 is 1.77 bits per heavy atom. The standard InChI is InChI=1S/C20H24N4OS/c21-16-18-8-15-26-20(18)22-19(25)7-10-24-13-11-23(12-14-24)9-6-17-4-2-1-3-5-17/h1-5,8,15H,6-7,9-14H2,(H,22,25). The molecule has 1 amide bonds. The number of anilines is 1. The molecule has 6 heteroatoms. The van der Waals surface area contributed by atoms with E-state index < -0.39 is 0 Å². The van der Waals surface area contributed by atoms with Gasteiger partial charge in [0, 0.05) is 45.7 Å². The third-order valence-corrected chi connectivity index (χ3v) is 5.55. The minimum atomic E-state index is -0.0181. The highest BCUT2D eigenvalue weighted by molar-refractivity contribution is 7.14. The maximum atomic E-state index is 12.1. The molecule has 0 bridgehead atoms. The van der Waals surface area contributed by atoms with Gasteiger partial charge in [-0.1, -0.05) is 30.3 Å². The SMILES string of the molecule is N#Cc1ccsc1NC(=O)CCN1CCN(CCc2ccccc2)CC1. The number of piperazine rings is 1. The van der Waals surface area contributed by atoms with Crippen LogP contribution >= 0.6 is 11.3 Å². The van der Waals surface area contributed by atoms with Gasteiger partial charge in [-0.3, -0.25) is 4.79 Å². The van der Waals surface area contributed by atoms with Crippen molar-refractivity contribution in [3.8, 4) is 6.07 Å². The lowest BCUT2D eigenvalue weighted by atomic mass is 10.1. The number of nitrogens with one attached hydrogen (secondary N) is 1. The number of hydrogen-bond acceptors (Lipinski definition) is 5. The van der Waals surface area contributed by atoms with Crippen molar-refractivity contribution >= 4 is 22.2 Å². The van der Waals surface area contributed by atoms with Crippen LogP contribution in [0, 0.1) is 11.3 Å². The van der Waals surface area contributed by atoms with Gasteiger partial charge >= 0.3 is 0 Å². The normalized spacial score (nSPS) is 15.5. The van der Waals surface area contributed by atoms with Gasteiger partial charge in [0.1, 0.15) is 11.1 Å². The van der Waals surface area contributed by atoms with Gasteiger partial charge in [0.2, 0.25) is 5.91 Å². The lowest BCUT2D eigenvalue weighted by Gasteiger charge is -2.34. The van der Waals surface area contributed by atoms with Crippen LogP contribution in [0.5, 0.6) is 0 Å². The highest BCUT2D eigenvalue weighted by atomic mass is 32.1. The maximum absolute atomic E-state index is 12.1. The second kappa shape index (κ2) is 9.48. The van der Waals surface area contributed by atoms with Gasteiger partial charge in [-0.25, -0.2) is 0 Å². The Bertz CT molecular complexity index is 745. The van der Waals surface area contributed by atoms with Crippen molar-refractivity contribution in [1.29, 1.82) is 5.26 Å². The summed E-state index contributed by atoms with van der Waals surface area (Å²) in [6.07, 6.45) is 1.55. The van der Waals surface area contributed by atoms with Gasteiger partial charge in [-0.15, -0.1) is 11.3 Å². The number of thiophene rings is 1. The van der Waals surface area contributed by atoms with E-state index in [2.05, 4.69) is 51.5 Å². The molecule has 2 heterocycles. The summed E-state index contributed by atoms with van der Waals surface area (Å²) in [5.74, 6) is -0.0181. The molecule has 136 valence electrons. The minimum absolute atomic E-state index is 0.0181. The first-order valence-electron chi connectivity index (χ1n) is 9.00. The molecule has 5 nitrogen and oxygen atoms in total. The lowest BCUT2D eigenvalue weighted by molar-refractivity contribution is -0.116. The average molecular weight is 369 g/mol. The number of nitriles is 1. The molecule has 0 unspecified atom stereocenters. The van der Waals surface area contributed by atoms with E-state index in [4.69, 9.17) is 5.26 Å². The number of carbonyl (C=O) groups excluding carboxylic acids is 1. The Labute approximate surface area is 158 Å². The maximum Gasteiger partial charge on any atom is 0.226 e. The van der Waals surface area contributed by atoms with Crippen molar-refractivity contribution in [1.82, 2.24) is 9.80 Å². The Hall–Kier alpha value is -2.20. The van der Waals surface area contributed by atoms with Crippen LogP contribution in [-0.4, -0.2) is 55.0 Å². The van der Waals surface area contributed by atoms with E-state index in [0.29, 0.717) is 17.0 Å². The second-order valence-corrected chi connectivity index (χ2v) is 7.41. The first-order valence-corrected chi connectivity index (χ1v) is 9.88. The molecule has 0 radical (unpaired) electrons. The number of nitrogens with zero attached hydrogens (tertiary/aromatic N) is 3. The van der Waals surface area contributed by atoms with Gasteiger partial charge < -0.3 is 15.1 Å². The molecular weight excluding hydrogens is 344 g/mol. The highest BCUT2D eigenvalue weighted by Crippen LogP contribution is 2.22. The van der Waals surface area contributed by atoms with E-state index in [1.165, 1.54) is 16.9 Å². The molecule has 0 saturated carbocycles. The third-order valence-electron chi connectivity index (χ3n) is 4.72. The molecule has 1 aliphatic rings. The van der Waals surface area contributed by atoms with Crippen molar-refractivity contribution in [2.75, 3.05) is 44.6 Å². The number of carbonyl (C=O) groups is 1. The smallest absolute Gasteiger partial charge is 0.226 e. The van der Waals surface area contributed by atoms with Crippen molar-refractivity contribution < 1.29 is 4.79 Å². The Morgan fingerprint density at radius 1 is 1.08 bits per heavy atom. The Kier molecular flexibility index (Phi) is 6.78. The van der Waals surface area contributed by atoms with E-state index in [-0.39, 0.29) is 5.91 Å². The van der Waals surface area contributed by atoms with E-state index in [1.807, 2.05) is 5.38 Å². The fourth-order valence-electron chi connectivity index (χ4n) is 3.11. The number of amides is 1. The molecule has 0 spiro atoms. The molecule has 0 atom stereocenters. The zero-order valence-electron chi connectivity index (χ0n) is 14.9. The summed E-state index contributed by atoms with van der Waals surface area (Å²) in [6.45, 7) is 5.98. The largest absolute Gasteiger partial charge is 0.317 e. The first-order chi connectivity index (χ1) is 12.7. The predicted molar refractivity (Wildman–Crippen MR) is 105 cm³/mol. The summed E-state index contributed by atoms with van der Waals surface area (Å²) in [7, 11) is 0. The summed E-state index contributed by atoms with van der Waals surface area (Å²) in [4.78, 5) is 16.9. The fraction of sp³-hybridized carbons (Fsp3) is 0.400. The topological polar surface area (TPSA) is 59.4 Å². The van der Waals surface area contributed by atoms with Gasteiger partial charge in [0.25, 0.3) is 0 Å². The lowest BCUT2D eigenvalue weighted by Crippen LogP contribution is -2.47. The van der Waals surface area contributed by atoms with Crippen LogP contribution in [0.4, 0.5) is 5.00 Å². The van der Waals surface area contributed by atoms with Crippen molar-refractivity contribution in [2.45, 2.75) is 12.8 Å². The zero-order chi connectivity index (χ0) is 18.2. The van der Waals surface area contributed by atoms with Crippen molar-refractivity contribution in [3.05, 3.63) is 52.9 Å². The molecule has 2 aromatic rings. The number of rotatable bonds is 7. The van der Waals surface area contributed by atoms with Crippen LogP contribution in [0.3, 0.4) is 0 Å². The molecular formula is C20H24N4OS. The quantitative estimate of drug-likeness (QED) is 0.816. The molecule has 1 aromatic carbocycles. The highest BCUT2D eigenvalue weighted by Gasteiger charge is 2.17. The number of benzene rings is 1. The van der Waals surface area contributed by atoms with Crippen LogP contribution in [0.15, 0.2) is 41.8 Å². The van der Waals surface area contributed by atoms with E-state index >= 15 is 0 Å². The fourth-order valence-corrected chi connectivity index (χ4v) is 3.86. The first kappa shape index (κ1) is 18.6. The van der Waals surface area contributed by atoms with E-state index in [9.17, 15) is 4.79 Å². The van der Waals surface area contributed by atoms with Crippen LogP contribution < -0.4 is 5.32 Å².